The van der Waals surface area contributed by atoms with Crippen LogP contribution in [-0.4, -0.2) is 0 Å². The third-order valence-corrected chi connectivity index (χ3v) is 6.33. The highest BCUT2D eigenvalue weighted by Gasteiger charge is 2.37. The van der Waals surface area contributed by atoms with E-state index < -0.39 is 0 Å². The van der Waals surface area contributed by atoms with Crippen molar-refractivity contribution in [2.45, 2.75) is 38.5 Å². The molecule has 4 aliphatic rings. The van der Waals surface area contributed by atoms with E-state index in [1.54, 1.807) is 0 Å². The van der Waals surface area contributed by atoms with Crippen LogP contribution in [0.4, 0.5) is 0 Å². The largest absolute Gasteiger partial charge is 0.0808 e. The molecule has 0 aromatic carbocycles. The van der Waals surface area contributed by atoms with E-state index in [2.05, 4.69) is 48.6 Å². The van der Waals surface area contributed by atoms with Gasteiger partial charge in [0.15, 0.2) is 0 Å². The first kappa shape index (κ1) is 12.7. The molecule has 0 N–H and O–H groups in total. The third-order valence-electron chi connectivity index (χ3n) is 6.33. The normalized spacial score (nSPS) is 44.8. The summed E-state index contributed by atoms with van der Waals surface area (Å²) in [5.74, 6) is 5.36. The molecule has 0 spiro atoms. The number of allylic oxidation sites excluding steroid dienone is 8. The van der Waals surface area contributed by atoms with Crippen LogP contribution in [0.25, 0.3) is 0 Å². The van der Waals surface area contributed by atoms with Gasteiger partial charge in [0.1, 0.15) is 0 Å². The SMILES string of the molecule is C1=CC2CCC(CC[C@@H]3CCC4C=CC=CC43)C2C=C1. The smallest absolute Gasteiger partial charge is 0.0139 e. The lowest BCUT2D eigenvalue weighted by Gasteiger charge is -2.26. The molecule has 20 heavy (non-hydrogen) atoms. The summed E-state index contributed by atoms with van der Waals surface area (Å²) in [5, 5.41) is 0. The van der Waals surface area contributed by atoms with Crippen LogP contribution in [0, 0.1) is 35.5 Å². The molecule has 2 saturated carbocycles. The van der Waals surface area contributed by atoms with E-state index in [1.165, 1.54) is 38.5 Å². The number of hydrogen-bond acceptors (Lipinski definition) is 0. The summed E-state index contributed by atoms with van der Waals surface area (Å²) >= 11 is 0. The van der Waals surface area contributed by atoms with Crippen LogP contribution in [-0.2, 0) is 0 Å². The molecule has 0 heteroatoms. The van der Waals surface area contributed by atoms with Gasteiger partial charge >= 0.3 is 0 Å². The van der Waals surface area contributed by atoms with Crippen molar-refractivity contribution in [3.63, 3.8) is 0 Å². The molecule has 0 heterocycles. The maximum absolute atomic E-state index is 2.49. The average molecular weight is 266 g/mol. The van der Waals surface area contributed by atoms with Crippen molar-refractivity contribution in [1.29, 1.82) is 0 Å². The second-order valence-electron chi connectivity index (χ2n) is 7.27. The highest BCUT2D eigenvalue weighted by molar-refractivity contribution is 5.18. The molecule has 0 radical (unpaired) electrons. The van der Waals surface area contributed by atoms with Crippen LogP contribution in [0.15, 0.2) is 48.6 Å². The third kappa shape index (κ3) is 2.24. The number of hydrogen-bond donors (Lipinski definition) is 0. The minimum Gasteiger partial charge on any atom is -0.0808 e. The van der Waals surface area contributed by atoms with Crippen LogP contribution in [0.2, 0.25) is 0 Å². The second-order valence-corrected chi connectivity index (χ2v) is 7.27. The lowest BCUT2D eigenvalue weighted by atomic mass is 9.79. The summed E-state index contributed by atoms with van der Waals surface area (Å²) in [7, 11) is 0. The number of fused-ring (bicyclic) bond motifs is 2. The van der Waals surface area contributed by atoms with Crippen molar-refractivity contribution in [1.82, 2.24) is 0 Å². The fraction of sp³-hybridized carbons (Fsp3) is 0.600. The van der Waals surface area contributed by atoms with Gasteiger partial charge in [-0.05, 0) is 74.0 Å². The van der Waals surface area contributed by atoms with Crippen molar-refractivity contribution in [3.05, 3.63) is 48.6 Å². The van der Waals surface area contributed by atoms with E-state index in [4.69, 9.17) is 0 Å². The lowest BCUT2D eigenvalue weighted by molar-refractivity contribution is 0.316. The molecule has 4 aliphatic carbocycles. The first-order valence-corrected chi connectivity index (χ1v) is 8.62. The van der Waals surface area contributed by atoms with Gasteiger partial charge in [-0.25, -0.2) is 0 Å². The molecule has 0 saturated heterocycles. The molecule has 0 bridgehead atoms. The van der Waals surface area contributed by atoms with E-state index in [-0.39, 0.29) is 0 Å². The second kappa shape index (κ2) is 5.39. The molecule has 0 aliphatic heterocycles. The van der Waals surface area contributed by atoms with Crippen molar-refractivity contribution >= 4 is 0 Å². The lowest BCUT2D eigenvalue weighted by Crippen LogP contribution is -2.17. The van der Waals surface area contributed by atoms with E-state index in [0.29, 0.717) is 0 Å². The van der Waals surface area contributed by atoms with Gasteiger partial charge < -0.3 is 0 Å². The van der Waals surface area contributed by atoms with Crippen LogP contribution in [0.5, 0.6) is 0 Å². The van der Waals surface area contributed by atoms with Gasteiger partial charge in [0.05, 0.1) is 0 Å². The highest BCUT2D eigenvalue weighted by Crippen LogP contribution is 2.47. The fourth-order valence-corrected chi connectivity index (χ4v) is 5.23. The zero-order valence-corrected chi connectivity index (χ0v) is 12.3. The van der Waals surface area contributed by atoms with E-state index in [1.807, 2.05) is 0 Å². The molecule has 0 aromatic heterocycles. The van der Waals surface area contributed by atoms with E-state index >= 15 is 0 Å². The fourth-order valence-electron chi connectivity index (χ4n) is 5.23. The minimum absolute atomic E-state index is 0.860. The molecular formula is C20H26. The molecule has 4 rings (SSSR count). The maximum atomic E-state index is 2.49. The Hall–Kier alpha value is -1.04. The average Bonchev–Trinajstić information content (AvgIpc) is 3.09. The van der Waals surface area contributed by atoms with Crippen molar-refractivity contribution < 1.29 is 0 Å². The first-order valence-electron chi connectivity index (χ1n) is 8.62. The molecule has 0 nitrogen and oxygen atoms in total. The summed E-state index contributed by atoms with van der Waals surface area (Å²) < 4.78 is 0. The van der Waals surface area contributed by atoms with Gasteiger partial charge in [-0.3, -0.25) is 0 Å². The molecule has 6 atom stereocenters. The molecular weight excluding hydrogens is 240 g/mol. The van der Waals surface area contributed by atoms with Gasteiger partial charge in [-0.2, -0.15) is 0 Å². The van der Waals surface area contributed by atoms with Crippen LogP contribution in [0.3, 0.4) is 0 Å². The summed E-state index contributed by atoms with van der Waals surface area (Å²) in [6.07, 6.45) is 27.6. The van der Waals surface area contributed by atoms with Crippen molar-refractivity contribution in [2.75, 3.05) is 0 Å². The maximum Gasteiger partial charge on any atom is -0.0139 e. The molecule has 2 fully saturated rings. The van der Waals surface area contributed by atoms with Gasteiger partial charge in [0, 0.05) is 0 Å². The Balaban J connectivity index is 1.35. The predicted molar refractivity (Wildman–Crippen MR) is 85.2 cm³/mol. The van der Waals surface area contributed by atoms with Crippen LogP contribution >= 0.6 is 0 Å². The summed E-state index contributed by atoms with van der Waals surface area (Å²) in [5.41, 5.74) is 0. The first-order chi connectivity index (χ1) is 9.92. The topological polar surface area (TPSA) is 0 Å². The molecule has 5 unspecified atom stereocenters. The van der Waals surface area contributed by atoms with Crippen LogP contribution in [0.1, 0.15) is 38.5 Å². The van der Waals surface area contributed by atoms with Gasteiger partial charge in [-0.1, -0.05) is 48.6 Å². The van der Waals surface area contributed by atoms with Gasteiger partial charge in [0.25, 0.3) is 0 Å². The predicted octanol–water partition coefficient (Wildman–Crippen LogP) is 5.30. The highest BCUT2D eigenvalue weighted by atomic mass is 14.4. The number of rotatable bonds is 3. The van der Waals surface area contributed by atoms with Crippen molar-refractivity contribution in [2.24, 2.45) is 35.5 Å². The summed E-state index contributed by atoms with van der Waals surface area (Å²) in [6.45, 7) is 0. The Morgan fingerprint density at radius 2 is 1.00 bits per heavy atom. The zero-order chi connectivity index (χ0) is 13.4. The molecule has 0 amide bonds. The molecule has 106 valence electrons. The zero-order valence-electron chi connectivity index (χ0n) is 12.3. The van der Waals surface area contributed by atoms with Crippen LogP contribution < -0.4 is 0 Å². The van der Waals surface area contributed by atoms with E-state index in [9.17, 15) is 0 Å². The Morgan fingerprint density at radius 3 is 1.50 bits per heavy atom. The van der Waals surface area contributed by atoms with Crippen molar-refractivity contribution in [3.8, 4) is 0 Å². The standard InChI is InChI=1S/C20H26/c1-3-7-19-15(5-1)9-11-17(19)13-14-18-12-10-16-6-2-4-8-20(16)18/h1-8,15-20H,9-14H2/t15?,16?,17-,18?,19?,20?/m0/s1. The Kier molecular flexibility index (Phi) is 3.42. The van der Waals surface area contributed by atoms with E-state index in [0.717, 1.165) is 35.5 Å². The Bertz CT molecular complexity index is 420. The van der Waals surface area contributed by atoms with Gasteiger partial charge in [-0.15, -0.1) is 0 Å². The minimum atomic E-state index is 0.860. The Morgan fingerprint density at radius 1 is 0.550 bits per heavy atom. The molecule has 0 aromatic rings. The van der Waals surface area contributed by atoms with Gasteiger partial charge in [0.2, 0.25) is 0 Å². The Labute approximate surface area is 123 Å². The monoisotopic (exact) mass is 266 g/mol. The summed E-state index contributed by atoms with van der Waals surface area (Å²) in [4.78, 5) is 0. The summed E-state index contributed by atoms with van der Waals surface area (Å²) in [6, 6.07) is 0. The quantitative estimate of drug-likeness (QED) is 0.650.